The smallest absolute Gasteiger partial charge is 0.261 e. The SMILES string of the molecule is O=C1c2ccccc2C(=O)N1CCCn1cc(CSc2nc3ccccc3s2)nn1. The molecule has 0 fully saturated rings. The van der Waals surface area contributed by atoms with Crippen LogP contribution in [0.4, 0.5) is 0 Å². The fourth-order valence-electron chi connectivity index (χ4n) is 3.40. The molecule has 7 nitrogen and oxygen atoms in total. The van der Waals surface area contributed by atoms with Gasteiger partial charge in [-0.25, -0.2) is 4.98 Å². The molecule has 0 aliphatic carbocycles. The molecule has 0 spiro atoms. The zero-order chi connectivity index (χ0) is 20.5. The minimum atomic E-state index is -0.220. The van der Waals surface area contributed by atoms with Crippen molar-refractivity contribution in [3.8, 4) is 0 Å². The lowest BCUT2D eigenvalue weighted by molar-refractivity contribution is 0.0650. The van der Waals surface area contributed by atoms with Crippen LogP contribution in [0.3, 0.4) is 0 Å². The first-order valence-electron chi connectivity index (χ1n) is 9.51. The number of hydrogen-bond donors (Lipinski definition) is 0. The number of carbonyl (C=O) groups is 2. The quantitative estimate of drug-likeness (QED) is 0.324. The van der Waals surface area contributed by atoms with Gasteiger partial charge in [-0.3, -0.25) is 19.2 Å². The summed E-state index contributed by atoms with van der Waals surface area (Å²) in [6.07, 6.45) is 2.53. The van der Waals surface area contributed by atoms with Crippen molar-refractivity contribution in [3.63, 3.8) is 0 Å². The molecular weight excluding hydrogens is 418 g/mol. The third-order valence-corrected chi connectivity index (χ3v) is 7.06. The number of amides is 2. The Bertz CT molecular complexity index is 1180. The van der Waals surface area contributed by atoms with Gasteiger partial charge in [-0.05, 0) is 30.7 Å². The largest absolute Gasteiger partial charge is 0.274 e. The number of aromatic nitrogens is 4. The highest BCUT2D eigenvalue weighted by atomic mass is 32.2. The van der Waals surface area contributed by atoms with Crippen LogP contribution in [0.1, 0.15) is 32.8 Å². The van der Waals surface area contributed by atoms with Crippen LogP contribution in [0.5, 0.6) is 0 Å². The molecule has 3 heterocycles. The summed E-state index contributed by atoms with van der Waals surface area (Å²) < 4.78 is 3.94. The maximum absolute atomic E-state index is 12.4. The summed E-state index contributed by atoms with van der Waals surface area (Å²) in [6, 6.07) is 15.0. The highest BCUT2D eigenvalue weighted by molar-refractivity contribution is 8.00. The second-order valence-electron chi connectivity index (χ2n) is 6.87. The number of carbonyl (C=O) groups excluding carboxylic acids is 2. The summed E-state index contributed by atoms with van der Waals surface area (Å²) in [5.41, 5.74) is 2.86. The van der Waals surface area contributed by atoms with Crippen molar-refractivity contribution in [1.82, 2.24) is 24.9 Å². The number of rotatable bonds is 7. The molecule has 0 saturated heterocycles. The monoisotopic (exact) mass is 435 g/mol. The van der Waals surface area contributed by atoms with Gasteiger partial charge in [0.15, 0.2) is 4.34 Å². The Hall–Kier alpha value is -3.04. The van der Waals surface area contributed by atoms with Gasteiger partial charge >= 0.3 is 0 Å². The average molecular weight is 436 g/mol. The molecule has 2 aromatic heterocycles. The number of para-hydroxylation sites is 1. The zero-order valence-corrected chi connectivity index (χ0v) is 17.5. The molecule has 1 aliphatic heterocycles. The summed E-state index contributed by atoms with van der Waals surface area (Å²) in [4.78, 5) is 30.7. The van der Waals surface area contributed by atoms with Gasteiger partial charge in [-0.1, -0.05) is 41.2 Å². The number of benzene rings is 2. The predicted octanol–water partition coefficient (Wildman–Crippen LogP) is 3.87. The minimum absolute atomic E-state index is 0.220. The molecule has 9 heteroatoms. The lowest BCUT2D eigenvalue weighted by Gasteiger charge is -2.13. The van der Waals surface area contributed by atoms with E-state index >= 15 is 0 Å². The Morgan fingerprint density at radius 1 is 0.933 bits per heavy atom. The van der Waals surface area contributed by atoms with Crippen LogP contribution in [0.2, 0.25) is 0 Å². The van der Waals surface area contributed by atoms with Crippen molar-refractivity contribution in [2.75, 3.05) is 6.54 Å². The van der Waals surface area contributed by atoms with Crippen molar-refractivity contribution >= 4 is 45.1 Å². The lowest BCUT2D eigenvalue weighted by atomic mass is 10.1. The Morgan fingerprint density at radius 2 is 1.67 bits per heavy atom. The highest BCUT2D eigenvalue weighted by Gasteiger charge is 2.34. The number of hydrogen-bond acceptors (Lipinski definition) is 7. The fourth-order valence-corrected chi connectivity index (χ4v) is 5.34. The van der Waals surface area contributed by atoms with Crippen molar-refractivity contribution in [3.05, 3.63) is 71.5 Å². The molecule has 4 aromatic rings. The number of thiazole rings is 1. The Balaban J connectivity index is 1.14. The van der Waals surface area contributed by atoms with Crippen molar-refractivity contribution < 1.29 is 9.59 Å². The van der Waals surface area contributed by atoms with Crippen LogP contribution >= 0.6 is 23.1 Å². The summed E-state index contributed by atoms with van der Waals surface area (Å²) >= 11 is 3.32. The van der Waals surface area contributed by atoms with E-state index in [0.29, 0.717) is 36.4 Å². The number of thioether (sulfide) groups is 1. The molecule has 150 valence electrons. The molecule has 0 bridgehead atoms. The van der Waals surface area contributed by atoms with Crippen molar-refractivity contribution in [1.29, 1.82) is 0 Å². The minimum Gasteiger partial charge on any atom is -0.274 e. The third-order valence-electron chi connectivity index (χ3n) is 4.85. The highest BCUT2D eigenvalue weighted by Crippen LogP contribution is 2.31. The zero-order valence-electron chi connectivity index (χ0n) is 15.9. The molecule has 0 N–H and O–H groups in total. The predicted molar refractivity (Wildman–Crippen MR) is 116 cm³/mol. The maximum atomic E-state index is 12.4. The fraction of sp³-hybridized carbons (Fsp3) is 0.190. The first kappa shape index (κ1) is 19.0. The second kappa shape index (κ2) is 8.00. The average Bonchev–Trinajstić information content (AvgIpc) is 3.45. The van der Waals surface area contributed by atoms with Crippen LogP contribution in [-0.4, -0.2) is 43.2 Å². The molecule has 2 aromatic carbocycles. The third kappa shape index (κ3) is 3.61. The molecule has 0 saturated carbocycles. The number of imide groups is 1. The van der Waals surface area contributed by atoms with Gasteiger partial charge < -0.3 is 0 Å². The normalized spacial score (nSPS) is 13.4. The van der Waals surface area contributed by atoms with E-state index in [0.717, 1.165) is 15.6 Å². The van der Waals surface area contributed by atoms with Gasteiger partial charge in [0.1, 0.15) is 0 Å². The van der Waals surface area contributed by atoms with Gasteiger partial charge in [-0.2, -0.15) is 0 Å². The number of nitrogens with zero attached hydrogens (tertiary/aromatic N) is 5. The van der Waals surface area contributed by atoms with Crippen molar-refractivity contribution in [2.24, 2.45) is 0 Å². The van der Waals surface area contributed by atoms with E-state index in [9.17, 15) is 9.59 Å². The van der Waals surface area contributed by atoms with Gasteiger partial charge in [-0.15, -0.1) is 16.4 Å². The van der Waals surface area contributed by atoms with E-state index in [1.54, 1.807) is 52.0 Å². The lowest BCUT2D eigenvalue weighted by Crippen LogP contribution is -2.31. The van der Waals surface area contributed by atoms with E-state index in [1.165, 1.54) is 9.60 Å². The summed E-state index contributed by atoms with van der Waals surface area (Å²) in [5.74, 6) is 0.252. The maximum Gasteiger partial charge on any atom is 0.261 e. The Morgan fingerprint density at radius 3 is 2.43 bits per heavy atom. The van der Waals surface area contributed by atoms with E-state index in [2.05, 4.69) is 21.4 Å². The second-order valence-corrected chi connectivity index (χ2v) is 9.12. The Labute approximate surface area is 180 Å². The molecular formula is C21H17N5O2S2. The van der Waals surface area contributed by atoms with Crippen LogP contribution < -0.4 is 0 Å². The molecule has 5 rings (SSSR count). The van der Waals surface area contributed by atoms with Gasteiger partial charge in [0, 0.05) is 25.0 Å². The summed E-state index contributed by atoms with van der Waals surface area (Å²) in [7, 11) is 0. The molecule has 1 aliphatic rings. The first-order chi connectivity index (χ1) is 14.7. The van der Waals surface area contributed by atoms with Crippen LogP contribution in [0.25, 0.3) is 10.2 Å². The molecule has 0 unspecified atom stereocenters. The molecule has 30 heavy (non-hydrogen) atoms. The van der Waals surface area contributed by atoms with Crippen LogP contribution in [0.15, 0.2) is 59.1 Å². The van der Waals surface area contributed by atoms with Crippen LogP contribution in [-0.2, 0) is 12.3 Å². The van der Waals surface area contributed by atoms with E-state index in [1.807, 2.05) is 24.4 Å². The standard InChI is InChI=1S/C21H17N5O2S2/c27-19-15-6-1-2-7-16(15)20(28)26(19)11-5-10-25-12-14(23-24-25)13-29-21-22-17-8-3-4-9-18(17)30-21/h1-4,6-9,12H,5,10-11,13H2. The van der Waals surface area contributed by atoms with Crippen molar-refractivity contribution in [2.45, 2.75) is 23.1 Å². The van der Waals surface area contributed by atoms with Gasteiger partial charge in [0.25, 0.3) is 11.8 Å². The molecule has 2 amide bonds. The van der Waals surface area contributed by atoms with E-state index in [-0.39, 0.29) is 11.8 Å². The molecule has 0 atom stereocenters. The Kier molecular flexibility index (Phi) is 5.06. The van der Waals surface area contributed by atoms with E-state index < -0.39 is 0 Å². The molecule has 0 radical (unpaired) electrons. The first-order valence-corrected chi connectivity index (χ1v) is 11.3. The summed E-state index contributed by atoms with van der Waals surface area (Å²) in [5, 5.41) is 8.38. The number of aryl methyl sites for hydroxylation is 1. The van der Waals surface area contributed by atoms with E-state index in [4.69, 9.17) is 0 Å². The van der Waals surface area contributed by atoms with Gasteiger partial charge in [0.05, 0.1) is 27.0 Å². The topological polar surface area (TPSA) is 81.0 Å². The van der Waals surface area contributed by atoms with Crippen LogP contribution in [0, 0.1) is 0 Å². The van der Waals surface area contributed by atoms with Gasteiger partial charge in [0.2, 0.25) is 0 Å². The summed E-state index contributed by atoms with van der Waals surface area (Å²) in [6.45, 7) is 0.953. The number of fused-ring (bicyclic) bond motifs is 2.